The number of hydrogen-bond acceptors (Lipinski definition) is 9. The van der Waals surface area contributed by atoms with Gasteiger partial charge in [-0.25, -0.2) is 9.79 Å². The van der Waals surface area contributed by atoms with Gasteiger partial charge in [-0.05, 0) is 65.7 Å². The maximum absolute atomic E-state index is 14.0. The molecule has 0 spiro atoms. The second-order valence-corrected chi connectivity index (χ2v) is 12.5. The van der Waals surface area contributed by atoms with E-state index in [1.807, 2.05) is 36.4 Å². The number of carbonyl (C=O) groups is 1. The SMILES string of the molecule is CCOC(=O)C1=C(C)N=c2s/c(=C/c3cc(Br)c(Sc4ccccc4)o3)c(=O)n2[C@@H]1c1cc(OC)c(OC)cc1Br. The monoisotopic (exact) mass is 718 g/mol. The molecule has 12 heteroatoms. The molecule has 0 N–H and O–H groups in total. The molecule has 0 bridgehead atoms. The van der Waals surface area contributed by atoms with E-state index in [1.54, 1.807) is 32.1 Å². The Labute approximate surface area is 260 Å². The zero-order chi connectivity index (χ0) is 29.3. The van der Waals surface area contributed by atoms with Crippen molar-refractivity contribution in [3.8, 4) is 11.5 Å². The lowest BCUT2D eigenvalue weighted by Crippen LogP contribution is -2.40. The van der Waals surface area contributed by atoms with Gasteiger partial charge in [0.05, 0.1) is 47.1 Å². The van der Waals surface area contributed by atoms with E-state index in [1.165, 1.54) is 41.9 Å². The molecule has 0 aliphatic carbocycles. The highest BCUT2D eigenvalue weighted by Gasteiger charge is 2.35. The van der Waals surface area contributed by atoms with Gasteiger partial charge >= 0.3 is 5.97 Å². The number of methoxy groups -OCH3 is 2. The van der Waals surface area contributed by atoms with Gasteiger partial charge < -0.3 is 18.6 Å². The third-order valence-corrected chi connectivity index (χ3v) is 9.73. The van der Waals surface area contributed by atoms with E-state index in [0.29, 0.717) is 47.4 Å². The first kappa shape index (κ1) is 29.4. The summed E-state index contributed by atoms with van der Waals surface area (Å²) in [5.41, 5.74) is 1.03. The van der Waals surface area contributed by atoms with Gasteiger partial charge in [-0.2, -0.15) is 0 Å². The fraction of sp³-hybridized carbons (Fsp3) is 0.207. The first-order valence-electron chi connectivity index (χ1n) is 12.4. The highest BCUT2D eigenvalue weighted by molar-refractivity contribution is 9.10. The van der Waals surface area contributed by atoms with Gasteiger partial charge in [0, 0.05) is 15.4 Å². The van der Waals surface area contributed by atoms with Gasteiger partial charge in [0.25, 0.3) is 5.56 Å². The van der Waals surface area contributed by atoms with Crippen LogP contribution in [0.15, 0.2) is 92.9 Å². The molecule has 0 saturated carbocycles. The van der Waals surface area contributed by atoms with Crippen LogP contribution < -0.4 is 24.4 Å². The molecular weight excluding hydrogens is 696 g/mol. The second-order valence-electron chi connectivity index (χ2n) is 8.73. The minimum absolute atomic E-state index is 0.177. The Kier molecular flexibility index (Phi) is 8.93. The minimum atomic E-state index is -0.825. The van der Waals surface area contributed by atoms with E-state index in [0.717, 1.165) is 9.37 Å². The second kappa shape index (κ2) is 12.4. The summed E-state index contributed by atoms with van der Waals surface area (Å²) in [6, 6.07) is 14.3. The number of ether oxygens (including phenoxy) is 3. The Balaban J connectivity index is 1.66. The van der Waals surface area contributed by atoms with Gasteiger partial charge in [0.1, 0.15) is 5.76 Å². The van der Waals surface area contributed by atoms with E-state index >= 15 is 0 Å². The molecule has 1 aliphatic heterocycles. The summed E-state index contributed by atoms with van der Waals surface area (Å²) in [7, 11) is 3.07. The van der Waals surface area contributed by atoms with E-state index in [9.17, 15) is 9.59 Å². The van der Waals surface area contributed by atoms with Crippen LogP contribution in [0.1, 0.15) is 31.2 Å². The molecule has 1 atom stereocenters. The van der Waals surface area contributed by atoms with E-state index in [4.69, 9.17) is 18.6 Å². The van der Waals surface area contributed by atoms with Crippen LogP contribution in [0.25, 0.3) is 6.08 Å². The highest BCUT2D eigenvalue weighted by atomic mass is 79.9. The van der Waals surface area contributed by atoms with Crippen LogP contribution in [0.3, 0.4) is 0 Å². The molecule has 0 radical (unpaired) electrons. The van der Waals surface area contributed by atoms with Crippen LogP contribution in [0.2, 0.25) is 0 Å². The molecule has 3 heterocycles. The molecule has 0 saturated heterocycles. The van der Waals surface area contributed by atoms with Crippen molar-refractivity contribution in [2.45, 2.75) is 29.9 Å². The minimum Gasteiger partial charge on any atom is -0.493 e. The Morgan fingerprint density at radius 1 is 1.12 bits per heavy atom. The summed E-state index contributed by atoms with van der Waals surface area (Å²) >= 11 is 9.87. The third-order valence-electron chi connectivity index (χ3n) is 6.22. The summed E-state index contributed by atoms with van der Waals surface area (Å²) in [6.07, 6.45) is 1.69. The number of esters is 1. The van der Waals surface area contributed by atoms with Crippen molar-refractivity contribution >= 4 is 67.0 Å². The van der Waals surface area contributed by atoms with Crippen LogP contribution >= 0.6 is 55.0 Å². The van der Waals surface area contributed by atoms with Crippen LogP contribution in [-0.2, 0) is 9.53 Å². The molecule has 41 heavy (non-hydrogen) atoms. The fourth-order valence-corrected chi connectivity index (χ4v) is 7.32. The predicted octanol–water partition coefficient (Wildman–Crippen LogP) is 6.08. The normalized spacial score (nSPS) is 15.0. The number of nitrogens with zero attached hydrogens (tertiary/aromatic N) is 2. The molecule has 2 aromatic carbocycles. The Hall–Kier alpha value is -3.06. The summed E-state index contributed by atoms with van der Waals surface area (Å²) in [4.78, 5) is 33.3. The largest absolute Gasteiger partial charge is 0.493 e. The van der Waals surface area contributed by atoms with Crippen molar-refractivity contribution in [1.29, 1.82) is 0 Å². The molecule has 5 rings (SSSR count). The quantitative estimate of drug-likeness (QED) is 0.204. The first-order chi connectivity index (χ1) is 19.7. The van der Waals surface area contributed by atoms with Crippen LogP contribution in [0.5, 0.6) is 11.5 Å². The van der Waals surface area contributed by atoms with E-state index < -0.39 is 12.0 Å². The van der Waals surface area contributed by atoms with E-state index in [2.05, 4.69) is 36.9 Å². The lowest BCUT2D eigenvalue weighted by atomic mass is 9.95. The topological polar surface area (TPSA) is 92.3 Å². The Morgan fingerprint density at radius 2 is 1.83 bits per heavy atom. The number of rotatable bonds is 8. The standard InChI is InChI=1S/C29H24Br2N2O6S2/c1-5-38-27(35)24-15(2)32-29-33(25(24)18-13-21(36-3)22(37-4)14-19(18)30)26(34)23(41-29)12-16-11-20(31)28(39-16)40-17-9-7-6-8-10-17/h6-14,25H,5H2,1-4H3/b23-12+/t25-/m1/s1. The zero-order valence-corrected chi connectivity index (χ0v) is 27.2. The number of halogens is 2. The number of fused-ring (bicyclic) bond motifs is 1. The average Bonchev–Trinajstić information content (AvgIpc) is 3.45. The number of thiazole rings is 1. The van der Waals surface area contributed by atoms with Crippen LogP contribution in [-0.4, -0.2) is 31.4 Å². The van der Waals surface area contributed by atoms with Crippen LogP contribution in [0, 0.1) is 0 Å². The Bertz CT molecular complexity index is 1840. The highest BCUT2D eigenvalue weighted by Crippen LogP contribution is 2.41. The number of benzene rings is 2. The molecule has 0 fully saturated rings. The maximum Gasteiger partial charge on any atom is 0.338 e. The van der Waals surface area contributed by atoms with Crippen molar-refractivity contribution in [1.82, 2.24) is 4.57 Å². The number of allylic oxidation sites excluding steroid dienone is 1. The summed E-state index contributed by atoms with van der Waals surface area (Å²) in [5.74, 6) is 0.911. The number of carbonyl (C=O) groups excluding carboxylic acids is 1. The molecule has 2 aromatic heterocycles. The molecule has 8 nitrogen and oxygen atoms in total. The van der Waals surface area contributed by atoms with E-state index in [-0.39, 0.29) is 17.7 Å². The molecule has 4 aromatic rings. The lowest BCUT2D eigenvalue weighted by molar-refractivity contribution is -0.139. The molecule has 1 aliphatic rings. The van der Waals surface area contributed by atoms with Crippen LogP contribution in [0.4, 0.5) is 0 Å². The lowest BCUT2D eigenvalue weighted by Gasteiger charge is -2.26. The number of aromatic nitrogens is 1. The van der Waals surface area contributed by atoms with Gasteiger partial charge in [0.2, 0.25) is 0 Å². The third kappa shape index (κ3) is 5.83. The smallest absolute Gasteiger partial charge is 0.338 e. The van der Waals surface area contributed by atoms with Gasteiger partial charge in [-0.15, -0.1) is 0 Å². The van der Waals surface area contributed by atoms with Gasteiger partial charge in [0.15, 0.2) is 21.4 Å². The average molecular weight is 720 g/mol. The van der Waals surface area contributed by atoms with Gasteiger partial charge in [-0.3, -0.25) is 9.36 Å². The summed E-state index contributed by atoms with van der Waals surface area (Å²) in [5, 5.41) is 0.669. The Morgan fingerprint density at radius 3 is 2.51 bits per heavy atom. The zero-order valence-electron chi connectivity index (χ0n) is 22.4. The van der Waals surface area contributed by atoms with Gasteiger partial charge in [-0.1, -0.05) is 57.2 Å². The van der Waals surface area contributed by atoms with Crippen molar-refractivity contribution in [3.05, 3.63) is 99.8 Å². The summed E-state index contributed by atoms with van der Waals surface area (Å²) in [6.45, 7) is 3.65. The molecule has 0 amide bonds. The molecule has 212 valence electrons. The molecular formula is C29H24Br2N2O6S2. The van der Waals surface area contributed by atoms with Crippen molar-refractivity contribution < 1.29 is 23.4 Å². The summed E-state index contributed by atoms with van der Waals surface area (Å²) < 4.78 is 25.8. The first-order valence-corrected chi connectivity index (χ1v) is 15.6. The van der Waals surface area contributed by atoms with Crippen molar-refractivity contribution in [2.24, 2.45) is 4.99 Å². The molecule has 0 unspecified atom stereocenters. The predicted molar refractivity (Wildman–Crippen MR) is 165 cm³/mol. The fourth-order valence-electron chi connectivity index (χ4n) is 4.40. The van der Waals surface area contributed by atoms with Crippen molar-refractivity contribution in [3.63, 3.8) is 0 Å². The maximum atomic E-state index is 14.0. The van der Waals surface area contributed by atoms with Crippen molar-refractivity contribution in [2.75, 3.05) is 20.8 Å². The number of hydrogen-bond donors (Lipinski definition) is 0. The number of furan rings is 1.